The van der Waals surface area contributed by atoms with Gasteiger partial charge in [0, 0.05) is 22.8 Å². The van der Waals surface area contributed by atoms with Crippen molar-refractivity contribution >= 4 is 28.9 Å². The van der Waals surface area contributed by atoms with Gasteiger partial charge in [0.25, 0.3) is 0 Å². The van der Waals surface area contributed by atoms with Gasteiger partial charge in [0.15, 0.2) is 0 Å². The highest BCUT2D eigenvalue weighted by Gasteiger charge is 2.03. The van der Waals surface area contributed by atoms with Crippen LogP contribution in [0.3, 0.4) is 0 Å². The summed E-state index contributed by atoms with van der Waals surface area (Å²) in [6, 6.07) is 14.7. The summed E-state index contributed by atoms with van der Waals surface area (Å²) in [4.78, 5) is 11.8. The van der Waals surface area contributed by atoms with Crippen LogP contribution in [0.1, 0.15) is 12.0 Å². The van der Waals surface area contributed by atoms with Crippen LogP contribution in [0.4, 0.5) is 11.4 Å². The van der Waals surface area contributed by atoms with E-state index in [1.54, 1.807) is 18.2 Å². The summed E-state index contributed by atoms with van der Waals surface area (Å²) >= 11 is 5.85. The molecule has 0 unspecified atom stereocenters. The highest BCUT2D eigenvalue weighted by Crippen LogP contribution is 2.15. The molecule has 4 heteroatoms. The number of nitrogens with one attached hydrogen (secondary N) is 1. The van der Waals surface area contributed by atoms with E-state index in [0.29, 0.717) is 29.2 Å². The molecular weight excluding hydrogens is 260 g/mol. The molecule has 0 fully saturated rings. The number of nitrogens with two attached hydrogens (primary N) is 1. The number of amides is 1. The lowest BCUT2D eigenvalue weighted by Crippen LogP contribution is -2.12. The van der Waals surface area contributed by atoms with Crippen molar-refractivity contribution in [2.75, 3.05) is 11.1 Å². The fourth-order valence-electron chi connectivity index (χ4n) is 1.80. The van der Waals surface area contributed by atoms with Gasteiger partial charge in [-0.25, -0.2) is 0 Å². The lowest BCUT2D eigenvalue weighted by Gasteiger charge is -2.06. The molecule has 2 aromatic carbocycles. The lowest BCUT2D eigenvalue weighted by molar-refractivity contribution is -0.116. The predicted molar refractivity (Wildman–Crippen MR) is 79.3 cm³/mol. The van der Waals surface area contributed by atoms with Crippen molar-refractivity contribution in [2.24, 2.45) is 0 Å². The topological polar surface area (TPSA) is 55.1 Å². The fraction of sp³-hybridized carbons (Fsp3) is 0.133. The quantitative estimate of drug-likeness (QED) is 0.839. The van der Waals surface area contributed by atoms with Crippen LogP contribution < -0.4 is 11.1 Å². The Labute approximate surface area is 117 Å². The Hall–Kier alpha value is -2.00. The molecule has 0 saturated heterocycles. The number of anilines is 2. The minimum atomic E-state index is -0.0373. The Kier molecular flexibility index (Phi) is 4.42. The summed E-state index contributed by atoms with van der Waals surface area (Å²) in [6.07, 6.45) is 1.08. The molecule has 0 atom stereocenters. The normalized spacial score (nSPS) is 10.2. The molecule has 2 aromatic rings. The van der Waals surface area contributed by atoms with Crippen LogP contribution in [0, 0.1) is 0 Å². The van der Waals surface area contributed by atoms with E-state index < -0.39 is 0 Å². The molecule has 0 spiro atoms. The molecule has 0 heterocycles. The van der Waals surface area contributed by atoms with Crippen LogP contribution in [-0.4, -0.2) is 5.91 Å². The largest absolute Gasteiger partial charge is 0.399 e. The summed E-state index contributed by atoms with van der Waals surface area (Å²) in [5, 5.41) is 3.42. The zero-order valence-corrected chi connectivity index (χ0v) is 11.2. The van der Waals surface area contributed by atoms with Gasteiger partial charge in [0.05, 0.1) is 0 Å². The molecule has 0 saturated carbocycles. The average molecular weight is 275 g/mol. The highest BCUT2D eigenvalue weighted by atomic mass is 35.5. The molecule has 0 aliphatic rings. The second-order valence-electron chi connectivity index (χ2n) is 4.30. The standard InChI is InChI=1S/C15H15ClN2O/c16-12-4-2-6-14(10-12)18-15(19)8-7-11-3-1-5-13(17)9-11/h1-6,9-10H,7-8,17H2,(H,18,19). The molecule has 2 rings (SSSR count). The van der Waals surface area contributed by atoms with E-state index in [0.717, 1.165) is 5.56 Å². The number of halogens is 1. The van der Waals surface area contributed by atoms with Gasteiger partial charge >= 0.3 is 0 Å². The van der Waals surface area contributed by atoms with Crippen molar-refractivity contribution in [1.29, 1.82) is 0 Å². The number of rotatable bonds is 4. The minimum absolute atomic E-state index is 0.0373. The van der Waals surface area contributed by atoms with Gasteiger partial charge < -0.3 is 11.1 Å². The summed E-state index contributed by atoms with van der Waals surface area (Å²) < 4.78 is 0. The smallest absolute Gasteiger partial charge is 0.224 e. The summed E-state index contributed by atoms with van der Waals surface area (Å²) in [7, 11) is 0. The number of carbonyl (C=O) groups is 1. The van der Waals surface area contributed by atoms with Gasteiger partial charge in [0.1, 0.15) is 0 Å². The molecule has 0 aliphatic heterocycles. The van der Waals surface area contributed by atoms with Gasteiger partial charge in [-0.1, -0.05) is 29.8 Å². The number of aryl methyl sites for hydroxylation is 1. The molecule has 3 nitrogen and oxygen atoms in total. The molecule has 0 aromatic heterocycles. The van der Waals surface area contributed by atoms with Crippen LogP contribution in [-0.2, 0) is 11.2 Å². The van der Waals surface area contributed by atoms with E-state index in [2.05, 4.69) is 5.32 Å². The zero-order chi connectivity index (χ0) is 13.7. The lowest BCUT2D eigenvalue weighted by atomic mass is 10.1. The van der Waals surface area contributed by atoms with E-state index >= 15 is 0 Å². The molecule has 0 aliphatic carbocycles. The Balaban J connectivity index is 1.88. The molecule has 3 N–H and O–H groups in total. The maximum Gasteiger partial charge on any atom is 0.224 e. The molecule has 1 amide bonds. The number of carbonyl (C=O) groups excluding carboxylic acids is 1. The summed E-state index contributed by atoms with van der Waals surface area (Å²) in [6.45, 7) is 0. The minimum Gasteiger partial charge on any atom is -0.399 e. The Morgan fingerprint density at radius 2 is 1.95 bits per heavy atom. The van der Waals surface area contributed by atoms with Crippen LogP contribution in [0.5, 0.6) is 0 Å². The van der Waals surface area contributed by atoms with Gasteiger partial charge in [0.2, 0.25) is 5.91 Å². The van der Waals surface area contributed by atoms with Gasteiger partial charge in [-0.05, 0) is 42.3 Å². The first-order valence-corrected chi connectivity index (χ1v) is 6.41. The first-order chi connectivity index (χ1) is 9.13. The Morgan fingerprint density at radius 1 is 1.16 bits per heavy atom. The third-order valence-electron chi connectivity index (χ3n) is 2.70. The van der Waals surface area contributed by atoms with Crippen molar-refractivity contribution in [3.8, 4) is 0 Å². The van der Waals surface area contributed by atoms with Crippen molar-refractivity contribution in [3.05, 3.63) is 59.1 Å². The van der Waals surface area contributed by atoms with Crippen LogP contribution in [0.15, 0.2) is 48.5 Å². The zero-order valence-electron chi connectivity index (χ0n) is 10.4. The van der Waals surface area contributed by atoms with E-state index in [-0.39, 0.29) is 5.91 Å². The molecule has 98 valence electrons. The molecule has 19 heavy (non-hydrogen) atoms. The van der Waals surface area contributed by atoms with Gasteiger partial charge in [-0.2, -0.15) is 0 Å². The van der Waals surface area contributed by atoms with Crippen LogP contribution in [0.25, 0.3) is 0 Å². The maximum absolute atomic E-state index is 11.8. The molecular formula is C15H15ClN2O. The summed E-state index contributed by atoms with van der Waals surface area (Å²) in [5.74, 6) is -0.0373. The second kappa shape index (κ2) is 6.25. The predicted octanol–water partition coefficient (Wildman–Crippen LogP) is 3.49. The van der Waals surface area contributed by atoms with Crippen molar-refractivity contribution < 1.29 is 4.79 Å². The SMILES string of the molecule is Nc1cccc(CCC(=O)Nc2cccc(Cl)c2)c1. The van der Waals surface area contributed by atoms with E-state index in [1.807, 2.05) is 30.3 Å². The molecule has 0 radical (unpaired) electrons. The Bertz CT molecular complexity index is 584. The second-order valence-corrected chi connectivity index (χ2v) is 4.74. The third kappa shape index (κ3) is 4.30. The molecule has 0 bridgehead atoms. The van der Waals surface area contributed by atoms with Crippen LogP contribution >= 0.6 is 11.6 Å². The Morgan fingerprint density at radius 3 is 2.68 bits per heavy atom. The first-order valence-electron chi connectivity index (χ1n) is 6.03. The fourth-order valence-corrected chi connectivity index (χ4v) is 1.99. The van der Waals surface area contributed by atoms with Crippen molar-refractivity contribution in [3.63, 3.8) is 0 Å². The maximum atomic E-state index is 11.8. The van der Waals surface area contributed by atoms with Crippen molar-refractivity contribution in [1.82, 2.24) is 0 Å². The van der Waals surface area contributed by atoms with Gasteiger partial charge in [-0.3, -0.25) is 4.79 Å². The van der Waals surface area contributed by atoms with E-state index in [1.165, 1.54) is 0 Å². The van der Waals surface area contributed by atoms with E-state index in [4.69, 9.17) is 17.3 Å². The average Bonchev–Trinajstić information content (AvgIpc) is 2.36. The number of hydrogen-bond donors (Lipinski definition) is 2. The highest BCUT2D eigenvalue weighted by molar-refractivity contribution is 6.30. The number of hydrogen-bond acceptors (Lipinski definition) is 2. The van der Waals surface area contributed by atoms with Crippen molar-refractivity contribution in [2.45, 2.75) is 12.8 Å². The third-order valence-corrected chi connectivity index (χ3v) is 2.94. The van der Waals surface area contributed by atoms with Crippen LogP contribution in [0.2, 0.25) is 5.02 Å². The van der Waals surface area contributed by atoms with E-state index in [9.17, 15) is 4.79 Å². The number of benzene rings is 2. The summed E-state index contributed by atoms with van der Waals surface area (Å²) in [5.41, 5.74) is 8.18. The number of nitrogen functional groups attached to an aromatic ring is 1. The van der Waals surface area contributed by atoms with Gasteiger partial charge in [-0.15, -0.1) is 0 Å². The monoisotopic (exact) mass is 274 g/mol. The first kappa shape index (κ1) is 13.4.